The van der Waals surface area contributed by atoms with Crippen LogP contribution in [0.25, 0.3) is 0 Å². The molecule has 1 N–H and O–H groups in total. The highest BCUT2D eigenvalue weighted by Gasteiger charge is 2.30. The van der Waals surface area contributed by atoms with Crippen LogP contribution in [0.3, 0.4) is 0 Å². The van der Waals surface area contributed by atoms with Gasteiger partial charge in [-0.05, 0) is 48.2 Å². The van der Waals surface area contributed by atoms with E-state index >= 15 is 0 Å². The van der Waals surface area contributed by atoms with Gasteiger partial charge < -0.3 is 15.0 Å². The number of carbonyl (C=O) groups is 2. The Labute approximate surface area is 216 Å². The van der Waals surface area contributed by atoms with Gasteiger partial charge in [0.1, 0.15) is 11.8 Å². The van der Waals surface area contributed by atoms with Crippen molar-refractivity contribution in [3.05, 3.63) is 100 Å². The maximum atomic E-state index is 13.6. The van der Waals surface area contributed by atoms with Gasteiger partial charge in [0.25, 0.3) is 5.91 Å². The van der Waals surface area contributed by atoms with Gasteiger partial charge in [-0.2, -0.15) is 0 Å². The molecule has 2 amide bonds. The van der Waals surface area contributed by atoms with Crippen molar-refractivity contribution in [3.63, 3.8) is 0 Å². The van der Waals surface area contributed by atoms with E-state index in [0.29, 0.717) is 25.3 Å². The van der Waals surface area contributed by atoms with E-state index in [9.17, 15) is 9.59 Å². The average molecular weight is 537 g/mol. The highest BCUT2D eigenvalue weighted by molar-refractivity contribution is 9.10. The number of hydrogen-bond acceptors (Lipinski definition) is 3. The Morgan fingerprint density at radius 1 is 0.971 bits per heavy atom. The van der Waals surface area contributed by atoms with Crippen molar-refractivity contribution >= 4 is 27.7 Å². The number of aryl methyl sites for hydroxylation is 1. The molecule has 0 bridgehead atoms. The Kier molecular flexibility index (Phi) is 10.4. The van der Waals surface area contributed by atoms with Gasteiger partial charge in [-0.15, -0.1) is 0 Å². The Morgan fingerprint density at radius 3 is 2.26 bits per heavy atom. The normalized spacial score (nSPS) is 11.5. The lowest BCUT2D eigenvalue weighted by Gasteiger charge is -2.31. The Hall–Kier alpha value is -3.12. The van der Waals surface area contributed by atoms with Gasteiger partial charge in [0.2, 0.25) is 5.91 Å². The van der Waals surface area contributed by atoms with E-state index in [2.05, 4.69) is 28.2 Å². The van der Waals surface area contributed by atoms with Gasteiger partial charge in [0.05, 0.1) is 0 Å². The SMILES string of the molecule is CCCCNC(=O)C(Cc1ccccc1)N(Cc1ccccc1)C(=O)COc1ccc(Br)c(C)c1. The van der Waals surface area contributed by atoms with Crippen LogP contribution in [0.15, 0.2) is 83.3 Å². The minimum atomic E-state index is -0.655. The monoisotopic (exact) mass is 536 g/mol. The summed E-state index contributed by atoms with van der Waals surface area (Å²) in [6.45, 7) is 4.81. The summed E-state index contributed by atoms with van der Waals surface area (Å²) in [5, 5.41) is 3.03. The van der Waals surface area contributed by atoms with Gasteiger partial charge in [-0.3, -0.25) is 9.59 Å². The maximum absolute atomic E-state index is 13.6. The van der Waals surface area contributed by atoms with Gasteiger partial charge in [0.15, 0.2) is 6.61 Å². The lowest BCUT2D eigenvalue weighted by atomic mass is 10.0. The second-order valence-corrected chi connectivity index (χ2v) is 9.41. The molecule has 6 heteroatoms. The standard InChI is InChI=1S/C29H33BrN2O3/c1-3-4-17-31-29(34)27(19-23-11-7-5-8-12-23)32(20-24-13-9-6-10-14-24)28(33)21-35-25-15-16-26(30)22(2)18-25/h5-16,18,27H,3-4,17,19-21H2,1-2H3,(H,31,34). The first kappa shape index (κ1) is 26.5. The van der Waals surface area contributed by atoms with Crippen molar-refractivity contribution in [3.8, 4) is 5.75 Å². The fourth-order valence-corrected chi connectivity index (χ4v) is 4.02. The molecule has 35 heavy (non-hydrogen) atoms. The van der Waals surface area contributed by atoms with Crippen LogP contribution in [-0.4, -0.2) is 35.9 Å². The first-order chi connectivity index (χ1) is 17.0. The average Bonchev–Trinajstić information content (AvgIpc) is 2.88. The summed E-state index contributed by atoms with van der Waals surface area (Å²) < 4.78 is 6.84. The van der Waals surface area contributed by atoms with Crippen LogP contribution >= 0.6 is 15.9 Å². The summed E-state index contributed by atoms with van der Waals surface area (Å²) in [5.74, 6) is 0.234. The van der Waals surface area contributed by atoms with Gasteiger partial charge in [0, 0.05) is 24.0 Å². The zero-order valence-corrected chi connectivity index (χ0v) is 22.0. The van der Waals surface area contributed by atoms with Crippen molar-refractivity contribution in [2.45, 2.75) is 45.7 Å². The second kappa shape index (κ2) is 13.7. The lowest BCUT2D eigenvalue weighted by molar-refractivity contribution is -0.142. The molecule has 0 aliphatic heterocycles. The number of nitrogens with zero attached hydrogens (tertiary/aromatic N) is 1. The summed E-state index contributed by atoms with van der Waals surface area (Å²) in [7, 11) is 0. The first-order valence-electron chi connectivity index (χ1n) is 12.0. The third-order valence-corrected chi connectivity index (χ3v) is 6.68. The second-order valence-electron chi connectivity index (χ2n) is 8.56. The van der Waals surface area contributed by atoms with Gasteiger partial charge in [-0.25, -0.2) is 0 Å². The van der Waals surface area contributed by atoms with Crippen LogP contribution in [0.2, 0.25) is 0 Å². The fraction of sp³-hybridized carbons (Fsp3) is 0.310. The molecule has 0 aliphatic rings. The zero-order valence-electron chi connectivity index (χ0n) is 20.4. The molecule has 0 fully saturated rings. The summed E-state index contributed by atoms with van der Waals surface area (Å²) in [5.41, 5.74) is 2.98. The maximum Gasteiger partial charge on any atom is 0.261 e. The molecule has 1 atom stereocenters. The molecule has 0 aliphatic carbocycles. The molecule has 1 unspecified atom stereocenters. The fourth-order valence-electron chi connectivity index (χ4n) is 3.78. The van der Waals surface area contributed by atoms with Crippen LogP contribution in [0.1, 0.15) is 36.5 Å². The molecular weight excluding hydrogens is 504 g/mol. The summed E-state index contributed by atoms with van der Waals surface area (Å²) in [4.78, 5) is 28.6. The molecule has 3 aromatic carbocycles. The predicted octanol–water partition coefficient (Wildman–Crippen LogP) is 5.69. The number of benzene rings is 3. The molecule has 0 saturated carbocycles. The zero-order chi connectivity index (χ0) is 25.0. The minimum Gasteiger partial charge on any atom is -0.484 e. The Morgan fingerprint density at radius 2 is 1.63 bits per heavy atom. The quantitative estimate of drug-likeness (QED) is 0.302. The highest BCUT2D eigenvalue weighted by Crippen LogP contribution is 2.22. The van der Waals surface area contributed by atoms with Crippen molar-refractivity contribution in [2.75, 3.05) is 13.2 Å². The number of unbranched alkanes of at least 4 members (excludes halogenated alkanes) is 1. The van der Waals surface area contributed by atoms with E-state index in [1.807, 2.05) is 85.8 Å². The van der Waals surface area contributed by atoms with Crippen molar-refractivity contribution in [1.82, 2.24) is 10.2 Å². The van der Waals surface area contributed by atoms with Crippen molar-refractivity contribution in [1.29, 1.82) is 0 Å². The number of ether oxygens (including phenoxy) is 1. The predicted molar refractivity (Wildman–Crippen MR) is 143 cm³/mol. The van der Waals surface area contributed by atoms with E-state index in [4.69, 9.17) is 4.74 Å². The van der Waals surface area contributed by atoms with Crippen LogP contribution in [-0.2, 0) is 22.6 Å². The molecule has 0 heterocycles. The molecule has 0 spiro atoms. The molecule has 5 nitrogen and oxygen atoms in total. The van der Waals surface area contributed by atoms with E-state index < -0.39 is 6.04 Å². The molecular formula is C29H33BrN2O3. The number of amides is 2. The largest absolute Gasteiger partial charge is 0.484 e. The minimum absolute atomic E-state index is 0.147. The summed E-state index contributed by atoms with van der Waals surface area (Å²) >= 11 is 3.49. The third-order valence-electron chi connectivity index (χ3n) is 5.79. The number of rotatable bonds is 12. The van der Waals surface area contributed by atoms with Crippen molar-refractivity contribution < 1.29 is 14.3 Å². The van der Waals surface area contributed by atoms with E-state index in [0.717, 1.165) is 34.0 Å². The topological polar surface area (TPSA) is 58.6 Å². The number of nitrogens with one attached hydrogen (secondary N) is 1. The molecule has 0 aromatic heterocycles. The molecule has 184 valence electrons. The molecule has 3 rings (SSSR count). The first-order valence-corrected chi connectivity index (χ1v) is 12.8. The van der Waals surface area contributed by atoms with Crippen molar-refractivity contribution in [2.24, 2.45) is 0 Å². The van der Waals surface area contributed by atoms with E-state index in [1.54, 1.807) is 4.90 Å². The molecule has 3 aromatic rings. The summed E-state index contributed by atoms with van der Waals surface area (Å²) in [6, 6.07) is 24.5. The Balaban J connectivity index is 1.86. The summed E-state index contributed by atoms with van der Waals surface area (Å²) in [6.07, 6.45) is 2.30. The Bertz CT molecular complexity index is 1090. The molecule has 0 saturated heterocycles. The van der Waals surface area contributed by atoms with Gasteiger partial charge >= 0.3 is 0 Å². The highest BCUT2D eigenvalue weighted by atomic mass is 79.9. The van der Waals surface area contributed by atoms with Gasteiger partial charge in [-0.1, -0.05) is 89.9 Å². The van der Waals surface area contributed by atoms with E-state index in [1.165, 1.54) is 0 Å². The van der Waals surface area contributed by atoms with Crippen LogP contribution < -0.4 is 10.1 Å². The third kappa shape index (κ3) is 8.25. The van der Waals surface area contributed by atoms with Crippen LogP contribution in [0.4, 0.5) is 0 Å². The lowest BCUT2D eigenvalue weighted by Crippen LogP contribution is -2.51. The van der Waals surface area contributed by atoms with Crippen LogP contribution in [0.5, 0.6) is 5.75 Å². The van der Waals surface area contributed by atoms with E-state index in [-0.39, 0.29) is 18.4 Å². The number of carbonyl (C=O) groups excluding carboxylic acids is 2. The number of hydrogen-bond donors (Lipinski definition) is 1. The van der Waals surface area contributed by atoms with Crippen LogP contribution in [0, 0.1) is 6.92 Å². The molecule has 0 radical (unpaired) electrons. The smallest absolute Gasteiger partial charge is 0.261 e. The number of halogens is 1.